The maximum absolute atomic E-state index is 11.2. The quantitative estimate of drug-likeness (QED) is 0.452. The molecule has 1 N–H and O–H groups in total. The van der Waals surface area contributed by atoms with E-state index in [1.165, 1.54) is 7.11 Å². The SMILES string of the molecule is C=CCCNCc1ccc(C(=O)OC)cc1. The normalized spacial score (nSPS) is 9.81. The molecule has 1 aromatic rings. The Balaban J connectivity index is 2.45. The van der Waals surface area contributed by atoms with Gasteiger partial charge in [-0.05, 0) is 30.7 Å². The summed E-state index contributed by atoms with van der Waals surface area (Å²) in [5.41, 5.74) is 1.73. The molecule has 3 nitrogen and oxygen atoms in total. The van der Waals surface area contributed by atoms with E-state index in [1.807, 2.05) is 18.2 Å². The van der Waals surface area contributed by atoms with Crippen LogP contribution in [0.15, 0.2) is 36.9 Å². The highest BCUT2D eigenvalue weighted by Gasteiger charge is 2.03. The molecule has 0 radical (unpaired) electrons. The standard InChI is InChI=1S/C13H17NO2/c1-3-4-9-14-10-11-5-7-12(8-6-11)13(15)16-2/h3,5-8,14H,1,4,9-10H2,2H3. The largest absolute Gasteiger partial charge is 0.465 e. The molecule has 86 valence electrons. The predicted molar refractivity (Wildman–Crippen MR) is 64.3 cm³/mol. The van der Waals surface area contributed by atoms with Crippen molar-refractivity contribution in [1.29, 1.82) is 0 Å². The van der Waals surface area contributed by atoms with Crippen molar-refractivity contribution in [2.75, 3.05) is 13.7 Å². The van der Waals surface area contributed by atoms with Crippen molar-refractivity contribution in [3.05, 3.63) is 48.0 Å². The van der Waals surface area contributed by atoms with Crippen LogP contribution in [0.3, 0.4) is 0 Å². The minimum absolute atomic E-state index is 0.300. The molecule has 0 aliphatic carbocycles. The fourth-order valence-corrected chi connectivity index (χ4v) is 1.31. The molecule has 0 fully saturated rings. The third-order valence-electron chi connectivity index (χ3n) is 2.23. The Bertz CT molecular complexity index is 343. The lowest BCUT2D eigenvalue weighted by atomic mass is 10.1. The summed E-state index contributed by atoms with van der Waals surface area (Å²) in [6.45, 7) is 5.37. The summed E-state index contributed by atoms with van der Waals surface area (Å²) in [5.74, 6) is -0.300. The van der Waals surface area contributed by atoms with Gasteiger partial charge in [0.15, 0.2) is 0 Å². The first-order chi connectivity index (χ1) is 7.77. The molecule has 0 bridgehead atoms. The van der Waals surface area contributed by atoms with Crippen LogP contribution in [-0.4, -0.2) is 19.6 Å². The summed E-state index contributed by atoms with van der Waals surface area (Å²) in [7, 11) is 1.38. The van der Waals surface area contributed by atoms with Crippen LogP contribution in [0.2, 0.25) is 0 Å². The van der Waals surface area contributed by atoms with Crippen molar-refractivity contribution < 1.29 is 9.53 Å². The van der Waals surface area contributed by atoms with Crippen LogP contribution in [0.1, 0.15) is 22.3 Å². The van der Waals surface area contributed by atoms with Gasteiger partial charge >= 0.3 is 5.97 Å². The first-order valence-electron chi connectivity index (χ1n) is 5.27. The number of methoxy groups -OCH3 is 1. The molecule has 0 saturated carbocycles. The highest BCUT2D eigenvalue weighted by atomic mass is 16.5. The zero-order chi connectivity index (χ0) is 11.8. The number of hydrogen-bond donors (Lipinski definition) is 1. The predicted octanol–water partition coefficient (Wildman–Crippen LogP) is 2.14. The van der Waals surface area contributed by atoms with Crippen LogP contribution >= 0.6 is 0 Å². The Morgan fingerprint density at radius 3 is 2.69 bits per heavy atom. The van der Waals surface area contributed by atoms with Gasteiger partial charge in [-0.2, -0.15) is 0 Å². The van der Waals surface area contributed by atoms with Crippen molar-refractivity contribution in [1.82, 2.24) is 5.32 Å². The average Bonchev–Trinajstić information content (AvgIpc) is 2.34. The molecule has 0 aliphatic heterocycles. The van der Waals surface area contributed by atoms with E-state index >= 15 is 0 Å². The fourth-order valence-electron chi connectivity index (χ4n) is 1.31. The average molecular weight is 219 g/mol. The van der Waals surface area contributed by atoms with Gasteiger partial charge in [0.25, 0.3) is 0 Å². The fraction of sp³-hybridized carbons (Fsp3) is 0.308. The molecule has 0 aromatic heterocycles. The number of nitrogens with one attached hydrogen (secondary N) is 1. The monoisotopic (exact) mass is 219 g/mol. The van der Waals surface area contributed by atoms with Gasteiger partial charge in [0, 0.05) is 6.54 Å². The van der Waals surface area contributed by atoms with Crippen molar-refractivity contribution in [2.45, 2.75) is 13.0 Å². The van der Waals surface area contributed by atoms with Gasteiger partial charge in [-0.1, -0.05) is 18.2 Å². The molecule has 0 unspecified atom stereocenters. The third-order valence-corrected chi connectivity index (χ3v) is 2.23. The highest BCUT2D eigenvalue weighted by molar-refractivity contribution is 5.89. The van der Waals surface area contributed by atoms with Gasteiger partial charge in [-0.25, -0.2) is 4.79 Å². The lowest BCUT2D eigenvalue weighted by Gasteiger charge is -2.04. The van der Waals surface area contributed by atoms with Gasteiger partial charge in [-0.3, -0.25) is 0 Å². The summed E-state index contributed by atoms with van der Waals surface area (Å²) in [6, 6.07) is 7.40. The topological polar surface area (TPSA) is 38.3 Å². The van der Waals surface area contributed by atoms with Gasteiger partial charge < -0.3 is 10.1 Å². The zero-order valence-corrected chi connectivity index (χ0v) is 9.53. The maximum Gasteiger partial charge on any atom is 0.337 e. The van der Waals surface area contributed by atoms with E-state index < -0.39 is 0 Å². The van der Waals surface area contributed by atoms with Crippen molar-refractivity contribution >= 4 is 5.97 Å². The minimum Gasteiger partial charge on any atom is -0.465 e. The Kier molecular flexibility index (Phi) is 5.29. The van der Waals surface area contributed by atoms with Crippen molar-refractivity contribution in [3.8, 4) is 0 Å². The Morgan fingerprint density at radius 1 is 1.44 bits per heavy atom. The van der Waals surface area contributed by atoms with Gasteiger partial charge in [0.05, 0.1) is 12.7 Å². The van der Waals surface area contributed by atoms with E-state index in [1.54, 1.807) is 12.1 Å². The van der Waals surface area contributed by atoms with Gasteiger partial charge in [0.2, 0.25) is 0 Å². The Morgan fingerprint density at radius 2 is 2.12 bits per heavy atom. The summed E-state index contributed by atoms with van der Waals surface area (Å²) in [4.78, 5) is 11.2. The van der Waals surface area contributed by atoms with E-state index in [-0.39, 0.29) is 5.97 Å². The first kappa shape index (κ1) is 12.5. The van der Waals surface area contributed by atoms with E-state index in [9.17, 15) is 4.79 Å². The molecule has 0 heterocycles. The van der Waals surface area contributed by atoms with Gasteiger partial charge in [-0.15, -0.1) is 6.58 Å². The second-order valence-electron chi connectivity index (χ2n) is 3.44. The molecule has 0 saturated heterocycles. The van der Waals surface area contributed by atoms with Crippen LogP contribution in [0, 0.1) is 0 Å². The summed E-state index contributed by atoms with van der Waals surface area (Å²) in [6.07, 6.45) is 2.84. The number of esters is 1. The minimum atomic E-state index is -0.300. The molecule has 16 heavy (non-hydrogen) atoms. The van der Waals surface area contributed by atoms with Crippen LogP contribution in [-0.2, 0) is 11.3 Å². The van der Waals surface area contributed by atoms with Crippen LogP contribution in [0.4, 0.5) is 0 Å². The van der Waals surface area contributed by atoms with Crippen LogP contribution < -0.4 is 5.32 Å². The first-order valence-corrected chi connectivity index (χ1v) is 5.27. The molecule has 1 rings (SSSR count). The number of carbonyl (C=O) groups excluding carboxylic acids is 1. The van der Waals surface area contributed by atoms with E-state index in [0.29, 0.717) is 5.56 Å². The highest BCUT2D eigenvalue weighted by Crippen LogP contribution is 2.05. The van der Waals surface area contributed by atoms with Crippen molar-refractivity contribution in [3.63, 3.8) is 0 Å². The molecule has 1 aromatic carbocycles. The number of hydrogen-bond acceptors (Lipinski definition) is 3. The molecular formula is C13H17NO2. The number of rotatable bonds is 6. The third kappa shape index (κ3) is 3.87. The number of benzene rings is 1. The molecule has 0 amide bonds. The summed E-state index contributed by atoms with van der Waals surface area (Å²) < 4.78 is 4.62. The zero-order valence-electron chi connectivity index (χ0n) is 9.53. The van der Waals surface area contributed by atoms with Crippen molar-refractivity contribution in [2.24, 2.45) is 0 Å². The number of carbonyl (C=O) groups is 1. The molecule has 0 atom stereocenters. The second-order valence-corrected chi connectivity index (χ2v) is 3.44. The van der Waals surface area contributed by atoms with E-state index in [0.717, 1.165) is 25.1 Å². The Hall–Kier alpha value is -1.61. The molecule has 0 aliphatic rings. The molecular weight excluding hydrogens is 202 g/mol. The second kappa shape index (κ2) is 6.80. The lowest BCUT2D eigenvalue weighted by Crippen LogP contribution is -2.14. The smallest absolute Gasteiger partial charge is 0.337 e. The van der Waals surface area contributed by atoms with E-state index in [2.05, 4.69) is 16.6 Å². The Labute approximate surface area is 96.1 Å². The lowest BCUT2D eigenvalue weighted by molar-refractivity contribution is 0.0600. The molecule has 3 heteroatoms. The van der Waals surface area contributed by atoms with Crippen LogP contribution in [0.25, 0.3) is 0 Å². The van der Waals surface area contributed by atoms with Gasteiger partial charge in [0.1, 0.15) is 0 Å². The molecule has 0 spiro atoms. The number of ether oxygens (including phenoxy) is 1. The maximum atomic E-state index is 11.2. The van der Waals surface area contributed by atoms with Crippen LogP contribution in [0.5, 0.6) is 0 Å². The summed E-state index contributed by atoms with van der Waals surface area (Å²) in [5, 5.41) is 3.28. The van der Waals surface area contributed by atoms with E-state index in [4.69, 9.17) is 0 Å². The summed E-state index contributed by atoms with van der Waals surface area (Å²) >= 11 is 0.